The molecule has 70 heavy (non-hydrogen) atoms. The molecular weight excluding hydrogens is 891 g/mol. The Balaban J connectivity index is 0.900. The van der Waals surface area contributed by atoms with Gasteiger partial charge in [0.1, 0.15) is 35.4 Å². The van der Waals surface area contributed by atoms with E-state index in [1.165, 1.54) is 18.4 Å². The van der Waals surface area contributed by atoms with E-state index in [2.05, 4.69) is 61.7 Å². The Kier molecular flexibility index (Phi) is 12.9. The van der Waals surface area contributed by atoms with Crippen molar-refractivity contribution in [3.63, 3.8) is 0 Å². The molecule has 1 unspecified atom stereocenters. The highest BCUT2D eigenvalue weighted by Gasteiger charge is 2.76. The highest BCUT2D eigenvalue weighted by Crippen LogP contribution is 2.61. The van der Waals surface area contributed by atoms with Crippen molar-refractivity contribution in [1.82, 2.24) is 15.7 Å². The zero-order valence-corrected chi connectivity index (χ0v) is 41.3. The Labute approximate surface area is 411 Å². The fraction of sp³-hybridized carbons (Fsp3) is 0.571. The van der Waals surface area contributed by atoms with Crippen LogP contribution in [0, 0.1) is 22.7 Å². The van der Waals surface area contributed by atoms with Gasteiger partial charge in [-0.05, 0) is 94.6 Å². The van der Waals surface area contributed by atoms with E-state index < -0.39 is 77.1 Å². The predicted octanol–water partition coefficient (Wildman–Crippen LogP) is 7.05. The Morgan fingerprint density at radius 3 is 2.23 bits per heavy atom. The van der Waals surface area contributed by atoms with Crippen molar-refractivity contribution in [1.29, 1.82) is 0 Å². The smallest absolute Gasteiger partial charge is 0.327 e. The van der Waals surface area contributed by atoms with Crippen LogP contribution in [0.4, 0.5) is 0 Å². The van der Waals surface area contributed by atoms with E-state index in [1.807, 2.05) is 60.7 Å². The number of amides is 2. The number of fused-ring (bicyclic) bond motifs is 6. The van der Waals surface area contributed by atoms with E-state index >= 15 is 4.79 Å². The number of nitrogens with zero attached hydrogens (tertiary/aromatic N) is 1. The lowest BCUT2D eigenvalue weighted by Gasteiger charge is -2.53. The number of epoxide rings is 1. The first-order chi connectivity index (χ1) is 33.4. The molecule has 14 heteroatoms. The standard InChI is InChI=1S/C56H69N3O11/c1-52(2,3)67-45(62)24-22-39(33-60)58-44(61)26-28-57-51(64)55-31-42-46-47(69-56(68-46,37-13-9-7-10-14-37)38-15-11-8-12-16-38)49(55)70-59(48(55)50(63)65-42)32-35-19-17-34(18-20-35)29-36-21-23-43-54(6,66-43)27-25-41-40(36)30-53(41,4)5/h7-20,29,39-43,46-49,60H,21-28,30-33H2,1-6H3,(H,57,64)(H,58,61)/t39-,40+,41+,42+,43?,46-,47-,48-,49+,54+,55-/m0/s1. The number of carbonyl (C=O) groups is 4. The third kappa shape index (κ3) is 9.13. The van der Waals surface area contributed by atoms with Gasteiger partial charge in [-0.15, -0.1) is 0 Å². The quantitative estimate of drug-likeness (QED) is 0.111. The Morgan fingerprint density at radius 1 is 0.886 bits per heavy atom. The maximum absolute atomic E-state index is 15.1. The predicted molar refractivity (Wildman–Crippen MR) is 258 cm³/mol. The van der Waals surface area contributed by atoms with Gasteiger partial charge in [0.15, 0.2) is 6.04 Å². The summed E-state index contributed by atoms with van der Waals surface area (Å²) in [6, 6.07) is 25.7. The van der Waals surface area contributed by atoms with Crippen LogP contribution in [0.2, 0.25) is 0 Å². The van der Waals surface area contributed by atoms with E-state index in [4.69, 9.17) is 28.5 Å². The van der Waals surface area contributed by atoms with Gasteiger partial charge in [-0.1, -0.05) is 110 Å². The van der Waals surface area contributed by atoms with Gasteiger partial charge < -0.3 is 39.4 Å². The second-order valence-electron chi connectivity index (χ2n) is 22.7. The van der Waals surface area contributed by atoms with E-state index in [1.54, 1.807) is 25.8 Å². The summed E-state index contributed by atoms with van der Waals surface area (Å²) in [6.07, 6.45) is 4.94. The van der Waals surface area contributed by atoms with Gasteiger partial charge in [0.05, 0.1) is 30.9 Å². The van der Waals surface area contributed by atoms with Gasteiger partial charge in [-0.3, -0.25) is 24.0 Å². The highest BCUT2D eigenvalue weighted by atomic mass is 16.8. The second kappa shape index (κ2) is 18.6. The van der Waals surface area contributed by atoms with Crippen molar-refractivity contribution in [2.75, 3.05) is 13.2 Å². The van der Waals surface area contributed by atoms with Crippen molar-refractivity contribution >= 4 is 29.8 Å². The third-order valence-electron chi connectivity index (χ3n) is 16.3. The average Bonchev–Trinajstić information content (AvgIpc) is 3.60. The summed E-state index contributed by atoms with van der Waals surface area (Å²) < 4.78 is 32.0. The first-order valence-corrected chi connectivity index (χ1v) is 25.4. The molecule has 3 aromatic carbocycles. The molecule has 10 rings (SSSR count). The van der Waals surface area contributed by atoms with E-state index in [-0.39, 0.29) is 51.0 Å². The summed E-state index contributed by atoms with van der Waals surface area (Å²) >= 11 is 0. The van der Waals surface area contributed by atoms with E-state index in [9.17, 15) is 19.5 Å². The largest absolute Gasteiger partial charge is 0.460 e. The summed E-state index contributed by atoms with van der Waals surface area (Å²) in [5, 5.41) is 17.4. The summed E-state index contributed by atoms with van der Waals surface area (Å²) in [5.41, 5.74) is 3.16. The van der Waals surface area contributed by atoms with Gasteiger partial charge in [0.2, 0.25) is 17.6 Å². The zero-order valence-electron chi connectivity index (χ0n) is 41.3. The summed E-state index contributed by atoms with van der Waals surface area (Å²) in [4.78, 5) is 62.0. The zero-order chi connectivity index (χ0) is 49.2. The minimum atomic E-state index is -1.48. The van der Waals surface area contributed by atoms with Gasteiger partial charge in [0, 0.05) is 36.9 Å². The van der Waals surface area contributed by atoms with Gasteiger partial charge in [-0.2, -0.15) is 5.06 Å². The van der Waals surface area contributed by atoms with Crippen molar-refractivity contribution in [3.05, 3.63) is 113 Å². The number of rotatable bonds is 14. The number of hydrogen-bond donors (Lipinski definition) is 3. The molecule has 3 saturated carbocycles. The minimum absolute atomic E-state index is 0.0139. The number of hydrogen-bond acceptors (Lipinski definition) is 12. The average molecular weight is 960 g/mol. The van der Waals surface area contributed by atoms with Crippen molar-refractivity contribution in [3.8, 4) is 0 Å². The number of nitrogens with one attached hydrogen (secondary N) is 2. The molecule has 2 bridgehead atoms. The first-order valence-electron chi connectivity index (χ1n) is 25.4. The molecular formula is C56H69N3O11. The summed E-state index contributed by atoms with van der Waals surface area (Å²) in [6.45, 7) is 12.1. The molecule has 7 fully saturated rings. The highest BCUT2D eigenvalue weighted by molar-refractivity contribution is 5.94. The SMILES string of the molecule is CC(C)(C)OC(=O)CC[C@@H](CO)NC(=O)CCNC(=O)[C@@]12C[C@H]3OC(=O)[C@@H]1N(Cc1ccc(C=C4CCC5O[C@]5(C)CC[C@@H]5[C@@H]4CC5(C)C)cc1)O[C@@H]2[C@H]1OC(c2ccccc2)(c2ccccc2)O[C@H]13. The topological polar surface area (TPSA) is 174 Å². The summed E-state index contributed by atoms with van der Waals surface area (Å²) in [5.74, 6) is -2.13. The Hall–Kier alpha value is -4.96. The van der Waals surface area contributed by atoms with Gasteiger partial charge >= 0.3 is 11.9 Å². The van der Waals surface area contributed by atoms with Crippen LogP contribution in [0.15, 0.2) is 90.5 Å². The molecule has 11 atom stereocenters. The fourth-order valence-electron chi connectivity index (χ4n) is 12.7. The molecule has 2 amide bonds. The number of allylic oxidation sites excluding steroid dienone is 1. The molecule has 3 aromatic rings. The second-order valence-corrected chi connectivity index (χ2v) is 22.7. The first kappa shape index (κ1) is 48.7. The molecule has 14 nitrogen and oxygen atoms in total. The molecule has 3 N–H and O–H groups in total. The van der Waals surface area contributed by atoms with Crippen molar-refractivity contribution in [2.24, 2.45) is 22.7 Å². The van der Waals surface area contributed by atoms with Gasteiger partial charge in [-0.25, -0.2) is 0 Å². The minimum Gasteiger partial charge on any atom is -0.460 e. The van der Waals surface area contributed by atoms with Crippen LogP contribution in [-0.4, -0.2) is 101 Å². The lowest BCUT2D eigenvalue weighted by molar-refractivity contribution is -0.213. The van der Waals surface area contributed by atoms with Crippen LogP contribution in [0.5, 0.6) is 0 Å². The van der Waals surface area contributed by atoms with E-state index in [0.717, 1.165) is 41.5 Å². The fourth-order valence-corrected chi connectivity index (χ4v) is 12.7. The molecule has 0 aromatic heterocycles. The molecule has 374 valence electrons. The van der Waals surface area contributed by atoms with Crippen molar-refractivity contribution in [2.45, 2.75) is 165 Å². The number of aliphatic hydroxyl groups is 1. The molecule has 4 heterocycles. The number of ether oxygens (including phenoxy) is 5. The summed E-state index contributed by atoms with van der Waals surface area (Å²) in [7, 11) is 0. The van der Waals surface area contributed by atoms with Crippen LogP contribution in [0.1, 0.15) is 122 Å². The monoisotopic (exact) mass is 959 g/mol. The number of hydroxylamine groups is 2. The van der Waals surface area contributed by atoms with Crippen LogP contribution < -0.4 is 10.6 Å². The van der Waals surface area contributed by atoms with Crippen LogP contribution in [0.25, 0.3) is 6.08 Å². The Bertz CT molecular complexity index is 2430. The number of carbonyl (C=O) groups excluding carboxylic acids is 4. The molecule has 0 spiro atoms. The van der Waals surface area contributed by atoms with Gasteiger partial charge in [0.25, 0.3) is 0 Å². The maximum atomic E-state index is 15.1. The third-order valence-corrected chi connectivity index (χ3v) is 16.3. The van der Waals surface area contributed by atoms with Crippen LogP contribution in [-0.2, 0) is 60.0 Å². The number of aliphatic hydroxyl groups excluding tert-OH is 1. The molecule has 4 aliphatic heterocycles. The Morgan fingerprint density at radius 2 is 1.57 bits per heavy atom. The molecule has 3 aliphatic carbocycles. The molecule has 0 radical (unpaired) electrons. The van der Waals surface area contributed by atoms with Crippen molar-refractivity contribution < 1.29 is 52.8 Å². The number of benzene rings is 3. The molecule has 7 aliphatic rings. The normalized spacial score (nSPS) is 33.4. The maximum Gasteiger partial charge on any atom is 0.327 e. The van der Waals surface area contributed by atoms with Crippen LogP contribution in [0.3, 0.4) is 0 Å². The van der Waals surface area contributed by atoms with E-state index in [0.29, 0.717) is 23.4 Å². The lowest BCUT2D eigenvalue weighted by atomic mass is 9.52. The molecule has 4 saturated heterocycles. The lowest BCUT2D eigenvalue weighted by Crippen LogP contribution is -2.69. The van der Waals surface area contributed by atoms with Crippen LogP contribution >= 0.6 is 0 Å². The number of esters is 2.